The topological polar surface area (TPSA) is 66.8 Å². The number of rotatable bonds is 1. The van der Waals surface area contributed by atoms with E-state index in [0.717, 1.165) is 12.8 Å². The van der Waals surface area contributed by atoms with Crippen molar-refractivity contribution in [2.45, 2.75) is 51.2 Å². The lowest BCUT2D eigenvalue weighted by molar-refractivity contribution is -0.146. The molecule has 2 fully saturated rings. The number of amides is 1. The number of carbonyl (C=O) groups is 2. The molecule has 0 spiro atoms. The van der Waals surface area contributed by atoms with E-state index in [9.17, 15) is 14.7 Å². The average Bonchev–Trinajstić information content (AvgIpc) is 2.88. The van der Waals surface area contributed by atoms with Crippen LogP contribution in [0.5, 0.6) is 0 Å². The lowest BCUT2D eigenvalue weighted by atomic mass is 10.0. The number of carboxylic acid groups (broad SMARTS) is 1. The Balaban J connectivity index is 2.14. The highest BCUT2D eigenvalue weighted by atomic mass is 16.6. The summed E-state index contributed by atoms with van der Waals surface area (Å²) in [6.07, 6.45) is 1.83. The lowest BCUT2D eigenvalue weighted by Gasteiger charge is -2.34. The molecule has 1 amide bonds. The first-order chi connectivity index (χ1) is 7.77. The largest absolute Gasteiger partial charge is 0.479 e. The number of aliphatic carboxylic acids is 1. The van der Waals surface area contributed by atoms with Crippen molar-refractivity contribution < 1.29 is 19.4 Å². The number of hydrogen-bond donors (Lipinski definition) is 1. The van der Waals surface area contributed by atoms with E-state index in [0.29, 0.717) is 13.0 Å². The van der Waals surface area contributed by atoms with Gasteiger partial charge in [-0.05, 0) is 46.0 Å². The van der Waals surface area contributed by atoms with Gasteiger partial charge in [0, 0.05) is 6.54 Å². The summed E-state index contributed by atoms with van der Waals surface area (Å²) in [7, 11) is 0. The van der Waals surface area contributed by atoms with Gasteiger partial charge in [-0.25, -0.2) is 9.59 Å². The van der Waals surface area contributed by atoms with Gasteiger partial charge in [-0.15, -0.1) is 0 Å². The molecular formula is C12H19NO4. The maximum atomic E-state index is 12.0. The second-order valence-corrected chi connectivity index (χ2v) is 5.90. The van der Waals surface area contributed by atoms with Crippen molar-refractivity contribution in [3.63, 3.8) is 0 Å². The minimum atomic E-state index is -0.972. The fraction of sp³-hybridized carbons (Fsp3) is 0.833. The lowest BCUT2D eigenvalue weighted by Crippen LogP contribution is -2.52. The van der Waals surface area contributed by atoms with E-state index >= 15 is 0 Å². The minimum absolute atomic E-state index is 0.112. The van der Waals surface area contributed by atoms with Gasteiger partial charge in [0.25, 0.3) is 0 Å². The van der Waals surface area contributed by atoms with Crippen LogP contribution in [0, 0.1) is 5.92 Å². The highest BCUT2D eigenvalue weighted by Gasteiger charge is 2.67. The molecule has 0 unspecified atom stereocenters. The third-order valence-corrected chi connectivity index (χ3v) is 3.47. The first kappa shape index (κ1) is 12.2. The smallest absolute Gasteiger partial charge is 0.411 e. The molecule has 5 heteroatoms. The second kappa shape index (κ2) is 3.62. The van der Waals surface area contributed by atoms with E-state index in [4.69, 9.17) is 4.74 Å². The monoisotopic (exact) mass is 241 g/mol. The standard InChI is InChI=1S/C12H19NO4/c1-11(2,3)17-10(16)13-6-4-5-8-7-12(8,13)9(14)15/h8H,4-7H2,1-3H3,(H,14,15)/t8-,12+/m1/s1. The number of carboxylic acids is 1. The van der Waals surface area contributed by atoms with Gasteiger partial charge in [0.15, 0.2) is 0 Å². The minimum Gasteiger partial charge on any atom is -0.479 e. The average molecular weight is 241 g/mol. The van der Waals surface area contributed by atoms with Gasteiger partial charge in [0.2, 0.25) is 0 Å². The second-order valence-electron chi connectivity index (χ2n) is 5.90. The molecule has 0 radical (unpaired) electrons. The molecule has 0 aromatic carbocycles. The Hall–Kier alpha value is -1.26. The zero-order chi connectivity index (χ0) is 12.8. The molecule has 1 heterocycles. The number of carbonyl (C=O) groups excluding carboxylic acids is 1. The van der Waals surface area contributed by atoms with Gasteiger partial charge in [-0.2, -0.15) is 0 Å². The number of nitrogens with zero attached hydrogens (tertiary/aromatic N) is 1. The van der Waals surface area contributed by atoms with E-state index in [1.54, 1.807) is 20.8 Å². The third kappa shape index (κ3) is 1.98. The first-order valence-electron chi connectivity index (χ1n) is 6.01. The van der Waals surface area contributed by atoms with Crippen LogP contribution in [0.2, 0.25) is 0 Å². The molecule has 1 saturated carbocycles. The van der Waals surface area contributed by atoms with Crippen LogP contribution in [-0.2, 0) is 9.53 Å². The van der Waals surface area contributed by atoms with Crippen LogP contribution >= 0.6 is 0 Å². The maximum Gasteiger partial charge on any atom is 0.411 e. The molecule has 2 atom stereocenters. The highest BCUT2D eigenvalue weighted by molar-refractivity contribution is 5.88. The summed E-state index contributed by atoms with van der Waals surface area (Å²) < 4.78 is 5.27. The Kier molecular flexibility index (Phi) is 2.60. The van der Waals surface area contributed by atoms with Gasteiger partial charge in [0.1, 0.15) is 11.1 Å². The molecule has 1 N–H and O–H groups in total. The van der Waals surface area contributed by atoms with Gasteiger partial charge < -0.3 is 9.84 Å². The van der Waals surface area contributed by atoms with E-state index in [1.807, 2.05) is 0 Å². The number of ether oxygens (including phenoxy) is 1. The number of piperidine rings is 1. The van der Waals surface area contributed by atoms with Gasteiger partial charge >= 0.3 is 12.1 Å². The Morgan fingerprint density at radius 3 is 2.59 bits per heavy atom. The SMILES string of the molecule is CC(C)(C)OC(=O)N1CCC[C@@H]2C[C@@]21C(=O)O. The van der Waals surface area contributed by atoms with Crippen molar-refractivity contribution >= 4 is 12.1 Å². The molecule has 1 saturated heterocycles. The Bertz CT molecular complexity index is 360. The molecule has 5 nitrogen and oxygen atoms in total. The van der Waals surface area contributed by atoms with Crippen molar-refractivity contribution in [1.29, 1.82) is 0 Å². The van der Waals surface area contributed by atoms with Crippen LogP contribution in [0.3, 0.4) is 0 Å². The van der Waals surface area contributed by atoms with Gasteiger partial charge in [0.05, 0.1) is 0 Å². The summed E-state index contributed by atoms with van der Waals surface area (Å²) in [6.45, 7) is 5.84. The van der Waals surface area contributed by atoms with Gasteiger partial charge in [-0.1, -0.05) is 0 Å². The fourth-order valence-electron chi connectivity index (χ4n) is 2.63. The van der Waals surface area contributed by atoms with Crippen LogP contribution in [-0.4, -0.2) is 39.8 Å². The molecule has 1 aliphatic heterocycles. The van der Waals surface area contributed by atoms with E-state index in [-0.39, 0.29) is 5.92 Å². The predicted molar refractivity (Wildman–Crippen MR) is 60.6 cm³/mol. The fourth-order valence-corrected chi connectivity index (χ4v) is 2.63. The zero-order valence-electron chi connectivity index (χ0n) is 10.5. The molecule has 2 aliphatic rings. The molecule has 1 aliphatic carbocycles. The van der Waals surface area contributed by atoms with E-state index < -0.39 is 23.2 Å². The van der Waals surface area contributed by atoms with Crippen LogP contribution in [0.15, 0.2) is 0 Å². The van der Waals surface area contributed by atoms with E-state index in [1.165, 1.54) is 4.90 Å². The van der Waals surface area contributed by atoms with Crippen LogP contribution in [0.4, 0.5) is 4.79 Å². The third-order valence-electron chi connectivity index (χ3n) is 3.47. The highest BCUT2D eigenvalue weighted by Crippen LogP contribution is 2.54. The normalized spacial score (nSPS) is 31.7. The Labute approximate surface area is 101 Å². The zero-order valence-corrected chi connectivity index (χ0v) is 10.5. The van der Waals surface area contributed by atoms with Gasteiger partial charge in [-0.3, -0.25) is 4.90 Å². The van der Waals surface area contributed by atoms with Crippen molar-refractivity contribution in [3.05, 3.63) is 0 Å². The van der Waals surface area contributed by atoms with Crippen LogP contribution in [0.25, 0.3) is 0 Å². The molecule has 96 valence electrons. The Morgan fingerprint density at radius 2 is 2.06 bits per heavy atom. The summed E-state index contributed by atoms with van der Waals surface area (Å²) in [5.41, 5.74) is -1.56. The molecule has 0 aromatic heterocycles. The van der Waals surface area contributed by atoms with Crippen LogP contribution < -0.4 is 0 Å². The van der Waals surface area contributed by atoms with Crippen molar-refractivity contribution in [2.24, 2.45) is 5.92 Å². The molecule has 0 bridgehead atoms. The molecule has 0 aromatic rings. The van der Waals surface area contributed by atoms with E-state index in [2.05, 4.69) is 0 Å². The summed E-state index contributed by atoms with van der Waals surface area (Å²) in [6, 6.07) is 0. The van der Waals surface area contributed by atoms with Crippen molar-refractivity contribution in [1.82, 2.24) is 4.90 Å². The summed E-state index contributed by atoms with van der Waals surface area (Å²) in [5, 5.41) is 9.31. The summed E-state index contributed by atoms with van der Waals surface area (Å²) >= 11 is 0. The maximum absolute atomic E-state index is 12.0. The summed E-state index contributed by atoms with van der Waals surface area (Å²) in [4.78, 5) is 24.8. The Morgan fingerprint density at radius 1 is 1.41 bits per heavy atom. The molecular weight excluding hydrogens is 222 g/mol. The summed E-state index contributed by atoms with van der Waals surface area (Å²) in [5.74, 6) is -0.783. The van der Waals surface area contributed by atoms with Crippen molar-refractivity contribution in [3.8, 4) is 0 Å². The quantitative estimate of drug-likeness (QED) is 0.761. The number of likely N-dealkylation sites (tertiary alicyclic amines) is 1. The molecule has 17 heavy (non-hydrogen) atoms. The van der Waals surface area contributed by atoms with Crippen LogP contribution in [0.1, 0.15) is 40.0 Å². The van der Waals surface area contributed by atoms with Crippen molar-refractivity contribution in [2.75, 3.05) is 6.54 Å². The number of fused-ring (bicyclic) bond motifs is 1. The molecule has 2 rings (SSSR count). The predicted octanol–water partition coefficient (Wildman–Crippen LogP) is 1.86. The number of hydrogen-bond acceptors (Lipinski definition) is 3. The first-order valence-corrected chi connectivity index (χ1v) is 6.01.